The summed E-state index contributed by atoms with van der Waals surface area (Å²) >= 11 is 0. The lowest BCUT2D eigenvalue weighted by molar-refractivity contribution is -0.139. The van der Waals surface area contributed by atoms with Crippen molar-refractivity contribution in [1.29, 1.82) is 0 Å². The van der Waals surface area contributed by atoms with Crippen LogP contribution in [0.4, 0.5) is 8.78 Å². The molecule has 1 N–H and O–H groups in total. The fraction of sp³-hybridized carbons (Fsp3) is 0.417. The Morgan fingerprint density at radius 1 is 1.38 bits per heavy atom. The highest BCUT2D eigenvalue weighted by Crippen LogP contribution is 2.47. The van der Waals surface area contributed by atoms with Gasteiger partial charge in [-0.05, 0) is 24.5 Å². The lowest BCUT2D eigenvalue weighted by Crippen LogP contribution is -2.37. The van der Waals surface area contributed by atoms with Crippen molar-refractivity contribution < 1.29 is 18.7 Å². The Balaban J connectivity index is 2.36. The minimum Gasteiger partial charge on any atom is -0.481 e. The minimum absolute atomic E-state index is 0.0877. The van der Waals surface area contributed by atoms with Crippen LogP contribution < -0.4 is 0 Å². The largest absolute Gasteiger partial charge is 0.481 e. The molecule has 1 aromatic carbocycles. The number of hydrogen-bond donors (Lipinski definition) is 1. The van der Waals surface area contributed by atoms with Crippen LogP contribution in [0.2, 0.25) is 0 Å². The number of carboxylic acid groups (broad SMARTS) is 1. The van der Waals surface area contributed by atoms with Crippen molar-refractivity contribution in [3.63, 3.8) is 0 Å². The monoisotopic (exact) mass is 226 g/mol. The molecule has 4 heteroatoms. The van der Waals surface area contributed by atoms with Gasteiger partial charge in [0.2, 0.25) is 0 Å². The molecule has 0 saturated heterocycles. The minimum atomic E-state index is -0.941. The zero-order chi connectivity index (χ0) is 11.8. The SMILES string of the molecule is O=C(O)CC1(c2ccc(F)cc2F)CCC1. The molecule has 16 heavy (non-hydrogen) atoms. The topological polar surface area (TPSA) is 37.3 Å². The predicted octanol–water partition coefficient (Wildman–Crippen LogP) is 2.86. The molecule has 0 amide bonds. The summed E-state index contributed by atoms with van der Waals surface area (Å²) in [7, 11) is 0. The van der Waals surface area contributed by atoms with Gasteiger partial charge in [0, 0.05) is 11.5 Å². The Bertz CT molecular complexity index is 425. The van der Waals surface area contributed by atoms with Crippen molar-refractivity contribution in [2.75, 3.05) is 0 Å². The van der Waals surface area contributed by atoms with E-state index in [4.69, 9.17) is 5.11 Å². The number of carbonyl (C=O) groups is 1. The quantitative estimate of drug-likeness (QED) is 0.860. The molecule has 86 valence electrons. The van der Waals surface area contributed by atoms with Gasteiger partial charge in [-0.3, -0.25) is 4.79 Å². The van der Waals surface area contributed by atoms with Gasteiger partial charge >= 0.3 is 5.97 Å². The Kier molecular flexibility index (Phi) is 2.66. The maximum Gasteiger partial charge on any atom is 0.304 e. The van der Waals surface area contributed by atoms with Crippen molar-refractivity contribution in [1.82, 2.24) is 0 Å². The summed E-state index contributed by atoms with van der Waals surface area (Å²) < 4.78 is 26.3. The molecule has 0 atom stereocenters. The zero-order valence-electron chi connectivity index (χ0n) is 8.67. The third-order valence-corrected chi connectivity index (χ3v) is 3.30. The van der Waals surface area contributed by atoms with Gasteiger partial charge in [-0.15, -0.1) is 0 Å². The summed E-state index contributed by atoms with van der Waals surface area (Å²) in [5.41, 5.74) is -0.286. The van der Waals surface area contributed by atoms with Gasteiger partial charge in [0.25, 0.3) is 0 Å². The van der Waals surface area contributed by atoms with Gasteiger partial charge in [0.15, 0.2) is 0 Å². The van der Waals surface area contributed by atoms with E-state index in [1.807, 2.05) is 0 Å². The third kappa shape index (κ3) is 1.79. The zero-order valence-corrected chi connectivity index (χ0v) is 8.67. The van der Waals surface area contributed by atoms with Crippen LogP contribution in [0.25, 0.3) is 0 Å². The van der Waals surface area contributed by atoms with Crippen LogP contribution in [0, 0.1) is 11.6 Å². The number of halogens is 2. The number of hydrogen-bond acceptors (Lipinski definition) is 1. The van der Waals surface area contributed by atoms with Crippen LogP contribution in [0.5, 0.6) is 0 Å². The average Bonchev–Trinajstić information content (AvgIpc) is 2.12. The van der Waals surface area contributed by atoms with Gasteiger partial charge in [0.05, 0.1) is 6.42 Å². The number of carboxylic acids is 1. The van der Waals surface area contributed by atoms with Crippen LogP contribution >= 0.6 is 0 Å². The first kappa shape index (κ1) is 11.0. The van der Waals surface area contributed by atoms with Gasteiger partial charge in [0.1, 0.15) is 11.6 Å². The van der Waals surface area contributed by atoms with Crippen molar-refractivity contribution >= 4 is 5.97 Å². The van der Waals surface area contributed by atoms with E-state index < -0.39 is 23.0 Å². The van der Waals surface area contributed by atoms with E-state index in [2.05, 4.69) is 0 Å². The third-order valence-electron chi connectivity index (χ3n) is 3.30. The van der Waals surface area contributed by atoms with Crippen LogP contribution in [-0.4, -0.2) is 11.1 Å². The van der Waals surface area contributed by atoms with Gasteiger partial charge < -0.3 is 5.11 Å². The summed E-state index contributed by atoms with van der Waals surface area (Å²) in [4.78, 5) is 10.8. The van der Waals surface area contributed by atoms with E-state index in [1.165, 1.54) is 12.1 Å². The van der Waals surface area contributed by atoms with Crippen molar-refractivity contribution in [3.05, 3.63) is 35.4 Å². The van der Waals surface area contributed by atoms with E-state index in [0.29, 0.717) is 18.4 Å². The lowest BCUT2D eigenvalue weighted by atomic mass is 9.62. The summed E-state index contributed by atoms with van der Waals surface area (Å²) in [5, 5.41) is 8.82. The van der Waals surface area contributed by atoms with Gasteiger partial charge in [-0.25, -0.2) is 8.78 Å². The maximum absolute atomic E-state index is 13.6. The first-order valence-electron chi connectivity index (χ1n) is 5.21. The van der Waals surface area contributed by atoms with Crippen LogP contribution in [-0.2, 0) is 10.2 Å². The Morgan fingerprint density at radius 3 is 2.50 bits per heavy atom. The van der Waals surface area contributed by atoms with E-state index >= 15 is 0 Å². The molecular formula is C12H12F2O2. The Hall–Kier alpha value is -1.45. The highest BCUT2D eigenvalue weighted by molar-refractivity contribution is 5.69. The maximum atomic E-state index is 13.6. The second-order valence-corrected chi connectivity index (χ2v) is 4.33. The fourth-order valence-electron chi connectivity index (χ4n) is 2.35. The fourth-order valence-corrected chi connectivity index (χ4v) is 2.35. The van der Waals surface area contributed by atoms with Crippen molar-refractivity contribution in [2.45, 2.75) is 31.1 Å². The first-order chi connectivity index (χ1) is 7.53. The van der Waals surface area contributed by atoms with E-state index in [0.717, 1.165) is 12.5 Å². The summed E-state index contributed by atoms with van der Waals surface area (Å²) in [6, 6.07) is 3.37. The molecule has 0 radical (unpaired) electrons. The van der Waals surface area contributed by atoms with Crippen LogP contribution in [0.15, 0.2) is 18.2 Å². The first-order valence-corrected chi connectivity index (χ1v) is 5.21. The molecule has 2 rings (SSSR count). The van der Waals surface area contributed by atoms with Gasteiger partial charge in [-0.2, -0.15) is 0 Å². The molecule has 0 aliphatic heterocycles. The second-order valence-electron chi connectivity index (χ2n) is 4.33. The highest BCUT2D eigenvalue weighted by Gasteiger charge is 2.42. The van der Waals surface area contributed by atoms with Gasteiger partial charge in [-0.1, -0.05) is 12.5 Å². The van der Waals surface area contributed by atoms with Crippen LogP contribution in [0.3, 0.4) is 0 Å². The molecule has 0 bridgehead atoms. The Labute approximate surface area is 91.9 Å². The molecule has 0 unspecified atom stereocenters. The highest BCUT2D eigenvalue weighted by atomic mass is 19.1. The number of benzene rings is 1. The molecule has 1 aliphatic rings. The molecule has 1 saturated carbocycles. The summed E-state index contributed by atoms with van der Waals surface area (Å²) in [5.74, 6) is -2.21. The summed E-state index contributed by atoms with van der Waals surface area (Å²) in [6.45, 7) is 0. The van der Waals surface area contributed by atoms with E-state index in [-0.39, 0.29) is 6.42 Å². The molecule has 0 heterocycles. The molecule has 1 aliphatic carbocycles. The molecule has 0 aromatic heterocycles. The van der Waals surface area contributed by atoms with E-state index in [9.17, 15) is 13.6 Å². The Morgan fingerprint density at radius 2 is 2.06 bits per heavy atom. The lowest BCUT2D eigenvalue weighted by Gasteiger charge is -2.41. The molecule has 0 spiro atoms. The number of aliphatic carboxylic acids is 1. The molecule has 1 fully saturated rings. The average molecular weight is 226 g/mol. The van der Waals surface area contributed by atoms with Crippen molar-refractivity contribution in [3.8, 4) is 0 Å². The van der Waals surface area contributed by atoms with Crippen LogP contribution in [0.1, 0.15) is 31.2 Å². The molecular weight excluding hydrogens is 214 g/mol. The molecule has 2 nitrogen and oxygen atoms in total. The summed E-state index contributed by atoms with van der Waals surface area (Å²) in [6.07, 6.45) is 2.11. The molecule has 1 aromatic rings. The van der Waals surface area contributed by atoms with Crippen molar-refractivity contribution in [2.24, 2.45) is 0 Å². The number of rotatable bonds is 3. The second kappa shape index (κ2) is 3.85. The normalized spacial score (nSPS) is 17.9. The smallest absolute Gasteiger partial charge is 0.304 e. The standard InChI is InChI=1S/C12H12F2O2/c13-8-2-3-9(10(14)6-8)12(4-1-5-12)7-11(15)16/h2-3,6H,1,4-5,7H2,(H,15,16). The van der Waals surface area contributed by atoms with E-state index in [1.54, 1.807) is 0 Å². The predicted molar refractivity (Wildman–Crippen MR) is 54.1 cm³/mol.